The van der Waals surface area contributed by atoms with E-state index in [2.05, 4.69) is 10.6 Å². The number of amides is 2. The maximum atomic E-state index is 13.6. The Hall–Kier alpha value is -3.06. The van der Waals surface area contributed by atoms with Crippen molar-refractivity contribution in [3.63, 3.8) is 0 Å². The fourth-order valence-corrected chi connectivity index (χ4v) is 5.70. The second-order valence-electron chi connectivity index (χ2n) is 8.90. The van der Waals surface area contributed by atoms with Crippen LogP contribution in [0.1, 0.15) is 11.3 Å². The Kier molecular flexibility index (Phi) is 4.05. The minimum atomic E-state index is -0.684. The van der Waals surface area contributed by atoms with Gasteiger partial charge in [-0.2, -0.15) is 0 Å². The Morgan fingerprint density at radius 1 is 1.26 bits per heavy atom. The molecule has 4 aliphatic heterocycles. The van der Waals surface area contributed by atoms with Gasteiger partial charge in [-0.3, -0.25) is 9.59 Å². The van der Waals surface area contributed by atoms with E-state index in [9.17, 15) is 9.59 Å². The molecule has 2 amide bonds. The molecule has 0 N–H and O–H groups in total. The summed E-state index contributed by atoms with van der Waals surface area (Å²) in [5, 5.41) is 0. The molecule has 1 spiro atoms. The molecule has 4 aliphatic rings. The molecule has 2 unspecified atom stereocenters. The van der Waals surface area contributed by atoms with Crippen LogP contribution < -0.4 is 4.74 Å². The van der Waals surface area contributed by atoms with Gasteiger partial charge in [-0.1, -0.05) is 24.3 Å². The van der Waals surface area contributed by atoms with Crippen molar-refractivity contribution in [2.45, 2.75) is 31.3 Å². The van der Waals surface area contributed by atoms with Crippen LogP contribution >= 0.6 is 0 Å². The highest BCUT2D eigenvalue weighted by molar-refractivity contribution is 5.93. The number of hydrogen-bond donors (Lipinski definition) is 0. The second-order valence-corrected chi connectivity index (χ2v) is 8.90. The highest BCUT2D eigenvalue weighted by atomic mass is 16.5. The van der Waals surface area contributed by atoms with E-state index in [4.69, 9.17) is 9.47 Å². The lowest BCUT2D eigenvalue weighted by molar-refractivity contribution is -0.144. The number of nitrogens with zero attached hydrogens (tertiary/aromatic N) is 3. The topological polar surface area (TPSA) is 64.0 Å². The first kappa shape index (κ1) is 18.7. The van der Waals surface area contributed by atoms with Crippen LogP contribution in [-0.2, 0) is 34.0 Å². The zero-order valence-electron chi connectivity index (χ0n) is 17.4. The Morgan fingerprint density at radius 3 is 3.03 bits per heavy atom. The number of benzene rings is 1. The first-order valence-corrected chi connectivity index (χ1v) is 10.8. The van der Waals surface area contributed by atoms with Crippen molar-refractivity contribution in [3.8, 4) is 5.75 Å². The normalized spacial score (nSPS) is 30.6. The van der Waals surface area contributed by atoms with Crippen LogP contribution in [0, 0.1) is 11.8 Å². The van der Waals surface area contributed by atoms with Gasteiger partial charge in [-0.05, 0) is 29.8 Å². The molecule has 2 bridgehead atoms. The second kappa shape index (κ2) is 6.72. The Morgan fingerprint density at radius 2 is 2.16 bits per heavy atom. The smallest absolute Gasteiger partial charge is 0.230 e. The molecule has 0 radical (unpaired) electrons. The van der Waals surface area contributed by atoms with Gasteiger partial charge in [0.2, 0.25) is 11.8 Å². The summed E-state index contributed by atoms with van der Waals surface area (Å²) in [6.45, 7) is 2.99. The Balaban J connectivity index is 1.24. The van der Waals surface area contributed by atoms with Gasteiger partial charge in [0, 0.05) is 31.5 Å². The van der Waals surface area contributed by atoms with Crippen molar-refractivity contribution >= 4 is 11.8 Å². The number of methoxy groups -OCH3 is 1. The summed E-state index contributed by atoms with van der Waals surface area (Å²) < 4.78 is 13.8. The number of hydrogen-bond acceptors (Lipinski definition) is 4. The Bertz CT molecular complexity index is 1090. The molecule has 1 aromatic carbocycles. The fourth-order valence-electron chi connectivity index (χ4n) is 5.70. The summed E-state index contributed by atoms with van der Waals surface area (Å²) in [5.74, 6) is -0.0928. The molecule has 160 valence electrons. The van der Waals surface area contributed by atoms with Crippen LogP contribution in [0.2, 0.25) is 0 Å². The average Bonchev–Trinajstić information content (AvgIpc) is 3.54. The number of carbonyl (C=O) groups is 2. The maximum Gasteiger partial charge on any atom is 0.230 e. The molecule has 0 aliphatic carbocycles. The Labute approximate surface area is 180 Å². The number of aromatic nitrogens is 1. The van der Waals surface area contributed by atoms with Gasteiger partial charge in [-0.15, -0.1) is 0 Å². The average molecular weight is 419 g/mol. The van der Waals surface area contributed by atoms with Gasteiger partial charge >= 0.3 is 0 Å². The van der Waals surface area contributed by atoms with Gasteiger partial charge in [0.15, 0.2) is 0 Å². The highest BCUT2D eigenvalue weighted by Crippen LogP contribution is 2.52. The van der Waals surface area contributed by atoms with E-state index in [-0.39, 0.29) is 17.9 Å². The number of ether oxygens (including phenoxy) is 2. The quantitative estimate of drug-likeness (QED) is 0.710. The summed E-state index contributed by atoms with van der Waals surface area (Å²) in [5.41, 5.74) is 1.45. The van der Waals surface area contributed by atoms with E-state index in [1.54, 1.807) is 7.11 Å². The van der Waals surface area contributed by atoms with Crippen LogP contribution in [0.15, 0.2) is 54.7 Å². The SMILES string of the molecule is COc1cccc(CN2C[C@@]34C=C[C@@H](O3)C(C(=O)N3CCn5cccc5C3)C4C2=O)c1. The van der Waals surface area contributed by atoms with E-state index in [1.165, 1.54) is 0 Å². The van der Waals surface area contributed by atoms with Crippen molar-refractivity contribution in [2.24, 2.45) is 11.8 Å². The van der Waals surface area contributed by atoms with Gasteiger partial charge < -0.3 is 23.8 Å². The lowest BCUT2D eigenvalue weighted by Crippen LogP contribution is -2.48. The van der Waals surface area contributed by atoms with Crippen LogP contribution in [0.5, 0.6) is 5.75 Å². The minimum absolute atomic E-state index is 0.00778. The third-order valence-corrected chi connectivity index (χ3v) is 7.17. The van der Waals surface area contributed by atoms with E-state index < -0.39 is 17.4 Å². The number of likely N-dealkylation sites (tertiary alicyclic amines) is 1. The van der Waals surface area contributed by atoms with E-state index in [0.29, 0.717) is 26.2 Å². The van der Waals surface area contributed by atoms with Gasteiger partial charge in [-0.25, -0.2) is 0 Å². The first-order valence-electron chi connectivity index (χ1n) is 10.8. The molecule has 1 aromatic heterocycles. The molecule has 2 saturated heterocycles. The van der Waals surface area contributed by atoms with Crippen molar-refractivity contribution in [2.75, 3.05) is 20.2 Å². The molecular formula is C24H25N3O4. The predicted octanol–water partition coefficient (Wildman–Crippen LogP) is 1.82. The third-order valence-electron chi connectivity index (χ3n) is 7.17. The van der Waals surface area contributed by atoms with Crippen LogP contribution in [0.4, 0.5) is 0 Å². The lowest BCUT2D eigenvalue weighted by Gasteiger charge is -2.33. The largest absolute Gasteiger partial charge is 0.497 e. The molecule has 4 atom stereocenters. The molecule has 2 fully saturated rings. The molecule has 5 heterocycles. The summed E-state index contributed by atoms with van der Waals surface area (Å²) >= 11 is 0. The summed E-state index contributed by atoms with van der Waals surface area (Å²) in [6.07, 6.45) is 5.73. The number of fused-ring (bicyclic) bond motifs is 2. The van der Waals surface area contributed by atoms with Crippen molar-refractivity contribution in [1.82, 2.24) is 14.4 Å². The molecule has 6 rings (SSSR count). The van der Waals surface area contributed by atoms with Gasteiger partial charge in [0.05, 0.1) is 38.1 Å². The third kappa shape index (κ3) is 2.76. The standard InChI is InChI=1S/C24H25N3O4/c1-30-18-6-2-4-16(12-18)13-27-15-24-8-7-19(31-24)20(21(24)23(27)29)22(28)26-11-10-25-9-3-5-17(25)14-26/h2-9,12,19-21H,10-11,13-15H2,1H3/t19-,20?,21?,24-/m1/s1. The minimum Gasteiger partial charge on any atom is -0.497 e. The van der Waals surface area contributed by atoms with Gasteiger partial charge in [0.25, 0.3) is 0 Å². The molecular weight excluding hydrogens is 394 g/mol. The predicted molar refractivity (Wildman–Crippen MR) is 112 cm³/mol. The van der Waals surface area contributed by atoms with Crippen molar-refractivity contribution in [1.29, 1.82) is 0 Å². The zero-order chi connectivity index (χ0) is 21.2. The number of rotatable bonds is 4. The van der Waals surface area contributed by atoms with Crippen LogP contribution in [-0.4, -0.2) is 58.1 Å². The fraction of sp³-hybridized carbons (Fsp3) is 0.417. The molecule has 2 aromatic rings. The summed E-state index contributed by atoms with van der Waals surface area (Å²) in [6, 6.07) is 11.8. The monoisotopic (exact) mass is 419 g/mol. The van der Waals surface area contributed by atoms with E-state index >= 15 is 0 Å². The molecule has 0 saturated carbocycles. The zero-order valence-corrected chi connectivity index (χ0v) is 17.4. The summed E-state index contributed by atoms with van der Waals surface area (Å²) in [7, 11) is 1.63. The van der Waals surface area contributed by atoms with E-state index in [1.807, 2.05) is 58.5 Å². The van der Waals surface area contributed by atoms with Crippen LogP contribution in [0.3, 0.4) is 0 Å². The van der Waals surface area contributed by atoms with Crippen molar-refractivity contribution < 1.29 is 19.1 Å². The first-order chi connectivity index (χ1) is 15.1. The van der Waals surface area contributed by atoms with Gasteiger partial charge in [0.1, 0.15) is 11.4 Å². The molecule has 7 heteroatoms. The number of carbonyl (C=O) groups excluding carboxylic acids is 2. The van der Waals surface area contributed by atoms with Crippen molar-refractivity contribution in [3.05, 3.63) is 66.0 Å². The van der Waals surface area contributed by atoms with E-state index in [0.717, 1.165) is 23.6 Å². The van der Waals surface area contributed by atoms with Crippen LogP contribution in [0.25, 0.3) is 0 Å². The molecule has 31 heavy (non-hydrogen) atoms. The summed E-state index contributed by atoms with van der Waals surface area (Å²) in [4.78, 5) is 30.8. The maximum absolute atomic E-state index is 13.6. The lowest BCUT2D eigenvalue weighted by atomic mass is 9.76. The molecule has 7 nitrogen and oxygen atoms in total. The highest BCUT2D eigenvalue weighted by Gasteiger charge is 2.67.